The monoisotopic (exact) mass is 280 g/mol. The lowest BCUT2D eigenvalue weighted by Gasteiger charge is -1.99. The van der Waals surface area contributed by atoms with Gasteiger partial charge in [0.2, 0.25) is 0 Å². The molecule has 0 aliphatic heterocycles. The summed E-state index contributed by atoms with van der Waals surface area (Å²) in [6.07, 6.45) is 8.57. The van der Waals surface area contributed by atoms with Gasteiger partial charge in [-0.25, -0.2) is 0 Å². The maximum atomic E-state index is 2.30. The van der Waals surface area contributed by atoms with E-state index in [0.717, 1.165) is 12.3 Å². The highest BCUT2D eigenvalue weighted by Gasteiger charge is 2.11. The summed E-state index contributed by atoms with van der Waals surface area (Å²) < 4.78 is 0. The van der Waals surface area contributed by atoms with E-state index in [1.807, 2.05) is 33.8 Å². The highest BCUT2D eigenvalue weighted by atomic mass is 14.2. The molecule has 0 N–H and O–H groups in total. The van der Waals surface area contributed by atoms with Gasteiger partial charge in [0.15, 0.2) is 0 Å². The minimum Gasteiger partial charge on any atom is -0.0776 e. The normalized spacial score (nSPS) is 12.5. The van der Waals surface area contributed by atoms with Crippen molar-refractivity contribution in [1.29, 1.82) is 0 Å². The fourth-order valence-corrected chi connectivity index (χ4v) is 2.13. The Bertz CT molecular complexity index is 231. The molecule has 0 saturated heterocycles. The topological polar surface area (TPSA) is 0 Å². The molecule has 0 amide bonds. The zero-order valence-electron chi connectivity index (χ0n) is 14.2. The molecular formula is C20H40. The van der Waals surface area contributed by atoms with E-state index in [4.69, 9.17) is 0 Å². The first-order chi connectivity index (χ1) is 9.36. The summed E-state index contributed by atoms with van der Waals surface area (Å²) in [5, 5.41) is 0. The summed E-state index contributed by atoms with van der Waals surface area (Å²) in [4.78, 5) is 0. The van der Waals surface area contributed by atoms with Crippen molar-refractivity contribution >= 4 is 0 Å². The third-order valence-electron chi connectivity index (χ3n) is 3.30. The van der Waals surface area contributed by atoms with Gasteiger partial charge in [0.1, 0.15) is 0 Å². The molecule has 1 saturated carbocycles. The maximum Gasteiger partial charge on any atom is -0.0307 e. The van der Waals surface area contributed by atoms with Crippen LogP contribution in [-0.2, 0) is 6.42 Å². The van der Waals surface area contributed by atoms with E-state index in [9.17, 15) is 0 Å². The van der Waals surface area contributed by atoms with E-state index >= 15 is 0 Å². The van der Waals surface area contributed by atoms with Gasteiger partial charge in [0.05, 0.1) is 0 Å². The highest BCUT2D eigenvalue weighted by molar-refractivity contribution is 5.13. The van der Waals surface area contributed by atoms with Crippen LogP contribution >= 0.6 is 0 Å². The van der Waals surface area contributed by atoms with Gasteiger partial charge in [-0.2, -0.15) is 0 Å². The fourth-order valence-electron chi connectivity index (χ4n) is 2.13. The van der Waals surface area contributed by atoms with E-state index < -0.39 is 0 Å². The van der Waals surface area contributed by atoms with E-state index in [1.165, 1.54) is 37.7 Å². The number of rotatable bonds is 2. The van der Waals surface area contributed by atoms with Crippen LogP contribution in [0.25, 0.3) is 0 Å². The lowest BCUT2D eigenvalue weighted by atomic mass is 10.1. The number of aryl methyl sites for hydroxylation is 1. The van der Waals surface area contributed by atoms with Crippen molar-refractivity contribution in [1.82, 2.24) is 0 Å². The van der Waals surface area contributed by atoms with Crippen LogP contribution in [-0.4, -0.2) is 0 Å². The summed E-state index contributed by atoms with van der Waals surface area (Å²) in [7, 11) is 0. The predicted octanol–water partition coefficient (Wildman–Crippen LogP) is 7.52. The van der Waals surface area contributed by atoms with Crippen molar-refractivity contribution in [2.24, 2.45) is 5.92 Å². The molecule has 1 aromatic rings. The minimum absolute atomic E-state index is 0. The summed E-state index contributed by atoms with van der Waals surface area (Å²) in [5.74, 6) is 1.10. The van der Waals surface area contributed by atoms with Gasteiger partial charge in [-0.3, -0.25) is 0 Å². The Morgan fingerprint density at radius 2 is 1.30 bits per heavy atom. The van der Waals surface area contributed by atoms with E-state index in [1.54, 1.807) is 0 Å². The van der Waals surface area contributed by atoms with E-state index in [2.05, 4.69) is 38.1 Å². The largest absolute Gasteiger partial charge is 0.0776 e. The van der Waals surface area contributed by atoms with Gasteiger partial charge >= 0.3 is 0 Å². The summed E-state index contributed by atoms with van der Waals surface area (Å²) >= 11 is 0. The van der Waals surface area contributed by atoms with Gasteiger partial charge in [0, 0.05) is 0 Å². The molecule has 1 aliphatic carbocycles. The second-order valence-corrected chi connectivity index (χ2v) is 4.40. The molecule has 0 heterocycles. The van der Waals surface area contributed by atoms with Gasteiger partial charge in [-0.05, 0) is 17.9 Å². The predicted molar refractivity (Wildman–Crippen MR) is 97.5 cm³/mol. The van der Waals surface area contributed by atoms with Gasteiger partial charge in [0.25, 0.3) is 0 Å². The molecule has 0 unspecified atom stereocenters. The fraction of sp³-hybridized carbons (Fsp3) is 0.700. The number of hydrogen-bond acceptors (Lipinski definition) is 0. The zero-order valence-corrected chi connectivity index (χ0v) is 14.2. The smallest absolute Gasteiger partial charge is 0.0307 e. The summed E-state index contributed by atoms with van der Waals surface area (Å²) in [6, 6.07) is 10.5. The molecule has 0 aromatic heterocycles. The molecular weight excluding hydrogens is 240 g/mol. The molecule has 120 valence electrons. The molecule has 0 atom stereocenters. The quantitative estimate of drug-likeness (QED) is 0.525. The van der Waals surface area contributed by atoms with Crippen LogP contribution < -0.4 is 0 Å². The number of hydrogen-bond donors (Lipinski definition) is 0. The SMILES string of the molecule is C.CC.CC.CCC1CCCC1.CCc1ccccc1. The van der Waals surface area contributed by atoms with E-state index in [0.29, 0.717) is 0 Å². The first-order valence-electron chi connectivity index (χ1n) is 8.40. The highest BCUT2D eigenvalue weighted by Crippen LogP contribution is 2.26. The van der Waals surface area contributed by atoms with Crippen molar-refractivity contribution in [2.45, 2.75) is 87.5 Å². The first kappa shape index (κ1) is 24.3. The molecule has 0 radical (unpaired) electrons. The minimum atomic E-state index is 0. The number of benzene rings is 1. The Hall–Kier alpha value is -0.780. The van der Waals surface area contributed by atoms with Crippen LogP contribution in [0.4, 0.5) is 0 Å². The lowest BCUT2D eigenvalue weighted by molar-refractivity contribution is 0.531. The molecule has 20 heavy (non-hydrogen) atoms. The van der Waals surface area contributed by atoms with Crippen LogP contribution in [0.1, 0.15) is 86.6 Å². The summed E-state index contributed by atoms with van der Waals surface area (Å²) in [5.41, 5.74) is 1.41. The van der Waals surface area contributed by atoms with E-state index in [-0.39, 0.29) is 7.43 Å². The van der Waals surface area contributed by atoms with Crippen molar-refractivity contribution in [3.05, 3.63) is 35.9 Å². The maximum absolute atomic E-state index is 2.30. The zero-order chi connectivity index (χ0) is 14.9. The van der Waals surface area contributed by atoms with Gasteiger partial charge in [-0.1, -0.05) is 111 Å². The Morgan fingerprint density at radius 3 is 1.55 bits per heavy atom. The molecule has 0 spiro atoms. The molecule has 1 aromatic carbocycles. The third kappa shape index (κ3) is 13.6. The van der Waals surface area contributed by atoms with Crippen LogP contribution in [0.3, 0.4) is 0 Å². The van der Waals surface area contributed by atoms with Crippen molar-refractivity contribution in [3.63, 3.8) is 0 Å². The van der Waals surface area contributed by atoms with Crippen LogP contribution in [0.15, 0.2) is 30.3 Å². The molecule has 0 nitrogen and oxygen atoms in total. The van der Waals surface area contributed by atoms with Gasteiger partial charge in [-0.15, -0.1) is 0 Å². The van der Waals surface area contributed by atoms with Crippen LogP contribution in [0, 0.1) is 5.92 Å². The second-order valence-electron chi connectivity index (χ2n) is 4.40. The second kappa shape index (κ2) is 20.5. The standard InChI is InChI=1S/C8H10.C7H14.2C2H6.CH4/c1-2-8-6-4-3-5-7-8;1-2-7-5-3-4-6-7;2*1-2;/h3-7H,2H2,1H3;7H,2-6H2,1H3;2*1-2H3;1H4. The van der Waals surface area contributed by atoms with Crippen LogP contribution in [0.2, 0.25) is 0 Å². The summed E-state index contributed by atoms with van der Waals surface area (Å²) in [6.45, 7) is 12.5. The van der Waals surface area contributed by atoms with Crippen LogP contribution in [0.5, 0.6) is 0 Å². The van der Waals surface area contributed by atoms with Crippen molar-refractivity contribution in [2.75, 3.05) is 0 Å². The average Bonchev–Trinajstić information content (AvgIpc) is 3.06. The Morgan fingerprint density at radius 1 is 0.850 bits per heavy atom. The Labute approximate surface area is 130 Å². The first-order valence-corrected chi connectivity index (χ1v) is 8.40. The molecule has 0 bridgehead atoms. The van der Waals surface area contributed by atoms with Gasteiger partial charge < -0.3 is 0 Å². The molecule has 1 aliphatic rings. The molecule has 2 rings (SSSR count). The third-order valence-corrected chi connectivity index (χ3v) is 3.30. The van der Waals surface area contributed by atoms with Crippen molar-refractivity contribution < 1.29 is 0 Å². The Kier molecular flexibility index (Phi) is 24.9. The lowest BCUT2D eigenvalue weighted by Crippen LogP contribution is -1.86. The Balaban J connectivity index is -0.000000224. The molecule has 0 heteroatoms. The van der Waals surface area contributed by atoms with Crippen molar-refractivity contribution in [3.8, 4) is 0 Å². The molecule has 1 fully saturated rings. The average molecular weight is 281 g/mol.